The molecule has 0 N–H and O–H groups in total. The summed E-state index contributed by atoms with van der Waals surface area (Å²) in [6.45, 7) is 36.5. The van der Waals surface area contributed by atoms with Crippen LogP contribution < -0.4 is 49.2 Å². The van der Waals surface area contributed by atoms with Crippen LogP contribution in [-0.4, -0.2) is 33.8 Å². The van der Waals surface area contributed by atoms with Gasteiger partial charge in [-0.05, 0) is 104 Å². The van der Waals surface area contributed by atoms with E-state index in [0.29, 0.717) is 0 Å². The number of hydrogen-bond acceptors (Lipinski definition) is 0. The second-order valence-electron chi connectivity index (χ2n) is 20.9. The Morgan fingerprint density at radius 3 is 0.701 bits per heavy atom. The number of fused-ring (bicyclic) bond motifs is 24. The van der Waals surface area contributed by atoms with Crippen molar-refractivity contribution in [2.45, 2.75) is 144 Å². The molecule has 0 saturated carbocycles. The summed E-state index contributed by atoms with van der Waals surface area (Å²) in [5.41, 5.74) is 33.7. The highest BCUT2D eigenvalue weighted by molar-refractivity contribution is 7.00. The fourth-order valence-corrected chi connectivity index (χ4v) is 15.8. The van der Waals surface area contributed by atoms with Gasteiger partial charge in [0.2, 0.25) is 20.1 Å². The van der Waals surface area contributed by atoms with Gasteiger partial charge in [-0.2, -0.15) is 0 Å². The Labute approximate surface area is 521 Å². The molecule has 10 aromatic carbocycles. The number of hydrogen-bond donors (Lipinski definition) is 0. The third-order valence-corrected chi connectivity index (χ3v) is 18.1. The molecule has 3 nitrogen and oxygen atoms in total. The van der Waals surface area contributed by atoms with Crippen LogP contribution in [0.4, 0.5) is 0 Å². The highest BCUT2D eigenvalue weighted by atomic mass is 15.1. The molecule has 6 heteroatoms. The van der Waals surface area contributed by atoms with E-state index in [1.165, 1.54) is 165 Å². The molecule has 6 aliphatic heterocycles. The quantitative estimate of drug-likeness (QED) is 0.134. The average Bonchev–Trinajstić information content (AvgIpc) is 1.50. The van der Waals surface area contributed by atoms with Gasteiger partial charge < -0.3 is 13.7 Å². The van der Waals surface area contributed by atoms with Crippen molar-refractivity contribution < 1.29 is 0 Å². The molecular formula is C81H90B3N3. The highest BCUT2D eigenvalue weighted by Gasteiger charge is 2.45. The molecule has 13 aromatic rings. The standard InChI is InChI=1S/C63H36B3N3.9C2H6/c1-4-22-43-34(13-1)31-37-16-7-28-49-55(37)64(43)46-25-10-19-40-52-61(67(49)58(40)46)53-41-20-11-26-47-59(41)69(51-30-9-18-39-33-36-15-2-5-23-44(36)65(47)57(39)51)63(53)54-42-21-12-27-48-60(42)68(62(52)54)50-29-8-17-38-32-35-14-3-6-24-45(35)66(48)56(38)50;9*1-2/h1-30H,31-33H2;9*1-2H3. The van der Waals surface area contributed by atoms with Gasteiger partial charge in [-0.15, -0.1) is 0 Å². The molecular weight excluding hydrogens is 1050 g/mol. The lowest BCUT2D eigenvalue weighted by Gasteiger charge is -2.33. The largest absolute Gasteiger partial charge is 0.309 e. The summed E-state index contributed by atoms with van der Waals surface area (Å²) < 4.78 is 8.28. The second-order valence-corrected chi connectivity index (χ2v) is 20.9. The van der Waals surface area contributed by atoms with Gasteiger partial charge in [-0.25, -0.2) is 0 Å². The monoisotopic (exact) mass is 1140 g/mol. The van der Waals surface area contributed by atoms with Crippen molar-refractivity contribution in [3.63, 3.8) is 0 Å². The van der Waals surface area contributed by atoms with Gasteiger partial charge in [0.15, 0.2) is 0 Å². The normalized spacial score (nSPS) is 12.3. The van der Waals surface area contributed by atoms with Gasteiger partial charge in [-0.1, -0.05) is 305 Å². The maximum Gasteiger partial charge on any atom is 0.247 e. The van der Waals surface area contributed by atoms with Crippen molar-refractivity contribution in [3.8, 4) is 17.1 Å². The summed E-state index contributed by atoms with van der Waals surface area (Å²) in [6.07, 6.45) is 2.85. The molecule has 6 aliphatic rings. The minimum Gasteiger partial charge on any atom is -0.309 e. The van der Waals surface area contributed by atoms with Crippen LogP contribution in [0.3, 0.4) is 0 Å². The topological polar surface area (TPSA) is 14.8 Å². The van der Waals surface area contributed by atoms with Crippen molar-refractivity contribution in [3.05, 3.63) is 215 Å². The van der Waals surface area contributed by atoms with E-state index in [1.54, 1.807) is 0 Å². The molecule has 0 unspecified atom stereocenters. The molecule has 438 valence electrons. The molecule has 0 fully saturated rings. The molecule has 0 amide bonds. The molecule has 0 spiro atoms. The van der Waals surface area contributed by atoms with Gasteiger partial charge in [0.05, 0.1) is 16.6 Å². The Bertz CT molecular complexity index is 4180. The first-order chi connectivity index (χ1) is 43.3. The minimum absolute atomic E-state index is 0.161. The third kappa shape index (κ3) is 8.54. The molecule has 0 aliphatic carbocycles. The van der Waals surface area contributed by atoms with Crippen molar-refractivity contribution in [1.82, 2.24) is 13.7 Å². The Morgan fingerprint density at radius 2 is 0.437 bits per heavy atom. The van der Waals surface area contributed by atoms with Crippen molar-refractivity contribution in [2.75, 3.05) is 0 Å². The first kappa shape index (κ1) is 61.9. The Morgan fingerprint density at radius 1 is 0.218 bits per heavy atom. The summed E-state index contributed by atoms with van der Waals surface area (Å²) in [6, 6.07) is 71.1. The van der Waals surface area contributed by atoms with Gasteiger partial charge in [0.1, 0.15) is 0 Å². The van der Waals surface area contributed by atoms with E-state index in [1.807, 2.05) is 125 Å². The minimum atomic E-state index is 0.161. The van der Waals surface area contributed by atoms with Gasteiger partial charge in [0, 0.05) is 65.9 Å². The Hall–Kier alpha value is -8.21. The van der Waals surface area contributed by atoms with Gasteiger partial charge >= 0.3 is 0 Å². The number of rotatable bonds is 0. The van der Waals surface area contributed by atoms with E-state index in [-0.39, 0.29) is 20.1 Å². The van der Waals surface area contributed by atoms with Crippen LogP contribution in [0.25, 0.3) is 82.5 Å². The molecule has 0 radical (unpaired) electrons. The molecule has 0 saturated heterocycles. The Balaban J connectivity index is 0.000000431. The first-order valence-corrected chi connectivity index (χ1v) is 33.9. The van der Waals surface area contributed by atoms with Crippen LogP contribution in [0.2, 0.25) is 0 Å². The van der Waals surface area contributed by atoms with Crippen LogP contribution in [0.5, 0.6) is 0 Å². The smallest absolute Gasteiger partial charge is 0.247 e. The zero-order chi connectivity index (χ0) is 62.1. The van der Waals surface area contributed by atoms with Gasteiger partial charge in [0.25, 0.3) is 0 Å². The lowest BCUT2D eigenvalue weighted by Crippen LogP contribution is -2.60. The van der Waals surface area contributed by atoms with Crippen LogP contribution in [0, 0.1) is 0 Å². The summed E-state index contributed by atoms with van der Waals surface area (Å²) in [5, 5.41) is 8.09. The number of para-hydroxylation sites is 3. The SMILES string of the molecule is CC.CC.CC.CC.CC.CC.CC.CC.CC.c1ccc2c(c1)Cc1cccc3c1B2c1cccc2c4c(c5c6cccc7c6n(c5c5c6cccc8c6n(c45)-c4cccc5c4B8c4ccccc4C5)-c4cccc5c4B7c4ccccc4C5)n-3c12. The average molecular weight is 1140 g/mol. The fourth-order valence-electron chi connectivity index (χ4n) is 15.8. The van der Waals surface area contributed by atoms with E-state index in [2.05, 4.69) is 196 Å². The predicted octanol–water partition coefficient (Wildman–Crippen LogP) is 16.4. The second kappa shape index (κ2) is 26.0. The van der Waals surface area contributed by atoms with E-state index >= 15 is 0 Å². The molecule has 87 heavy (non-hydrogen) atoms. The number of aromatic nitrogens is 3. The summed E-state index contributed by atoms with van der Waals surface area (Å²) in [4.78, 5) is 0. The van der Waals surface area contributed by atoms with E-state index in [0.717, 1.165) is 19.3 Å². The summed E-state index contributed by atoms with van der Waals surface area (Å²) in [5.74, 6) is 0. The van der Waals surface area contributed by atoms with Crippen LogP contribution in [0.15, 0.2) is 182 Å². The summed E-state index contributed by atoms with van der Waals surface area (Å²) >= 11 is 0. The van der Waals surface area contributed by atoms with Crippen molar-refractivity contribution in [2.24, 2.45) is 0 Å². The third-order valence-electron chi connectivity index (χ3n) is 18.1. The first-order valence-electron chi connectivity index (χ1n) is 33.9. The van der Waals surface area contributed by atoms with E-state index < -0.39 is 0 Å². The maximum absolute atomic E-state index is 2.76. The zero-order valence-corrected chi connectivity index (χ0v) is 55.5. The molecule has 3 aromatic heterocycles. The summed E-state index contributed by atoms with van der Waals surface area (Å²) in [7, 11) is 0. The van der Waals surface area contributed by atoms with Gasteiger partial charge in [-0.3, -0.25) is 0 Å². The van der Waals surface area contributed by atoms with E-state index in [4.69, 9.17) is 0 Å². The molecule has 9 heterocycles. The number of benzene rings is 10. The molecule has 0 atom stereocenters. The number of nitrogens with zero attached hydrogens (tertiary/aromatic N) is 3. The van der Waals surface area contributed by atoms with Crippen molar-refractivity contribution >= 4 is 135 Å². The fraction of sp³-hybridized carbons (Fsp3) is 0.259. The van der Waals surface area contributed by atoms with Crippen LogP contribution >= 0.6 is 0 Å². The lowest BCUT2D eigenvalue weighted by molar-refractivity contribution is 1.14. The molecule has 0 bridgehead atoms. The van der Waals surface area contributed by atoms with Crippen LogP contribution in [-0.2, 0) is 19.3 Å². The predicted molar refractivity (Wildman–Crippen MR) is 393 cm³/mol. The van der Waals surface area contributed by atoms with Crippen LogP contribution in [0.1, 0.15) is 158 Å². The lowest BCUT2D eigenvalue weighted by atomic mass is 9.32. The molecule has 19 rings (SSSR count). The Kier molecular flexibility index (Phi) is 18.5. The van der Waals surface area contributed by atoms with Crippen molar-refractivity contribution in [1.29, 1.82) is 0 Å². The van der Waals surface area contributed by atoms with E-state index in [9.17, 15) is 0 Å². The maximum atomic E-state index is 2.76. The highest BCUT2D eigenvalue weighted by Crippen LogP contribution is 2.51. The zero-order valence-electron chi connectivity index (χ0n) is 55.5.